The monoisotopic (exact) mass is 713 g/mol. The number of benzene rings is 10. The summed E-state index contributed by atoms with van der Waals surface area (Å²) in [6, 6.07) is 76.2. The Morgan fingerprint density at radius 2 is 0.786 bits per heavy atom. The minimum absolute atomic E-state index is 0.850. The third-order valence-electron chi connectivity index (χ3n) is 11.2. The molecule has 10 aromatic carbocycles. The predicted molar refractivity (Wildman–Crippen MR) is 237 cm³/mol. The Balaban J connectivity index is 1.17. The molecule has 0 N–H and O–H groups in total. The quantitative estimate of drug-likeness (QED) is 0.160. The fourth-order valence-electron chi connectivity index (χ4n) is 8.58. The summed E-state index contributed by atoms with van der Waals surface area (Å²) < 4.78 is 7.31. The standard InChI is InChI=1S/C54H35NO/c1-3-14-36(15-4-1)38-26-30-42(31-27-38)55(43-32-28-39(29-33-43)37-16-5-2-6-17-37)51-25-13-24-48-50-35-41-19-8-10-21-45(41)52(54(50)56-53(48)51)49-34-40-18-7-9-20-44(40)46-22-11-12-23-47(46)49/h1-35H. The average Bonchev–Trinajstić information content (AvgIpc) is 3.65. The Labute approximate surface area is 325 Å². The summed E-state index contributed by atoms with van der Waals surface area (Å²) in [4.78, 5) is 2.33. The molecule has 56 heavy (non-hydrogen) atoms. The van der Waals surface area contributed by atoms with Gasteiger partial charge < -0.3 is 9.32 Å². The van der Waals surface area contributed by atoms with Crippen LogP contribution >= 0.6 is 0 Å². The molecule has 0 amide bonds. The molecule has 0 fully saturated rings. The average molecular weight is 714 g/mol. The molecule has 0 unspecified atom stereocenters. The molecule has 0 radical (unpaired) electrons. The van der Waals surface area contributed by atoms with E-state index < -0.39 is 0 Å². The SMILES string of the molecule is c1ccc(-c2ccc(N(c3ccc(-c4ccccc4)cc3)c3cccc4c3oc3c(-c5cc6ccccc6c6ccccc56)c5ccccc5cc34)cc2)cc1. The van der Waals surface area contributed by atoms with Crippen LogP contribution < -0.4 is 4.90 Å². The molecule has 2 nitrogen and oxygen atoms in total. The van der Waals surface area contributed by atoms with Gasteiger partial charge in [-0.25, -0.2) is 0 Å². The van der Waals surface area contributed by atoms with Crippen molar-refractivity contribution in [3.63, 3.8) is 0 Å². The molecule has 2 heteroatoms. The van der Waals surface area contributed by atoms with Crippen LogP contribution in [0.4, 0.5) is 17.1 Å². The van der Waals surface area contributed by atoms with E-state index in [0.717, 1.165) is 44.6 Å². The largest absolute Gasteiger partial charge is 0.453 e. The van der Waals surface area contributed by atoms with Gasteiger partial charge in [0.2, 0.25) is 0 Å². The first kappa shape index (κ1) is 32.0. The molecule has 0 atom stereocenters. The number of furan rings is 1. The summed E-state index contributed by atoms with van der Waals surface area (Å²) in [7, 11) is 0. The van der Waals surface area contributed by atoms with Crippen LogP contribution in [0.2, 0.25) is 0 Å². The molecular weight excluding hydrogens is 679 g/mol. The molecule has 1 aromatic heterocycles. The van der Waals surface area contributed by atoms with Gasteiger partial charge in [-0.3, -0.25) is 0 Å². The molecule has 1 heterocycles. The highest BCUT2D eigenvalue weighted by atomic mass is 16.3. The molecule has 0 saturated carbocycles. The fourth-order valence-corrected chi connectivity index (χ4v) is 8.58. The number of hydrogen-bond donors (Lipinski definition) is 0. The highest BCUT2D eigenvalue weighted by Crippen LogP contribution is 2.48. The Hall–Kier alpha value is -7.42. The van der Waals surface area contributed by atoms with Crippen molar-refractivity contribution in [3.05, 3.63) is 212 Å². The number of nitrogens with zero attached hydrogens (tertiary/aromatic N) is 1. The first-order valence-corrected chi connectivity index (χ1v) is 19.2. The lowest BCUT2D eigenvalue weighted by molar-refractivity contribution is 0.670. The van der Waals surface area contributed by atoms with Crippen LogP contribution in [0.1, 0.15) is 0 Å². The second-order valence-electron chi connectivity index (χ2n) is 14.5. The third-order valence-corrected chi connectivity index (χ3v) is 11.2. The van der Waals surface area contributed by atoms with Crippen molar-refractivity contribution in [1.82, 2.24) is 0 Å². The molecule has 0 bridgehead atoms. The van der Waals surface area contributed by atoms with Gasteiger partial charge in [-0.1, -0.05) is 170 Å². The molecule has 0 aliphatic rings. The van der Waals surface area contributed by atoms with E-state index in [4.69, 9.17) is 4.42 Å². The number of fused-ring (bicyclic) bond motifs is 7. The Bertz CT molecular complexity index is 3130. The van der Waals surface area contributed by atoms with Crippen LogP contribution in [0.3, 0.4) is 0 Å². The Morgan fingerprint density at radius 3 is 1.41 bits per heavy atom. The molecule has 0 saturated heterocycles. The Kier molecular flexibility index (Phi) is 7.53. The van der Waals surface area contributed by atoms with Gasteiger partial charge in [0.05, 0.1) is 5.69 Å². The van der Waals surface area contributed by atoms with E-state index in [1.54, 1.807) is 0 Å². The zero-order valence-corrected chi connectivity index (χ0v) is 30.6. The van der Waals surface area contributed by atoms with E-state index in [-0.39, 0.29) is 0 Å². The summed E-state index contributed by atoms with van der Waals surface area (Å²) in [6.45, 7) is 0. The topological polar surface area (TPSA) is 16.4 Å². The zero-order valence-electron chi connectivity index (χ0n) is 30.6. The maximum Gasteiger partial charge on any atom is 0.159 e. The van der Waals surface area contributed by atoms with E-state index in [0.29, 0.717) is 0 Å². The zero-order chi connectivity index (χ0) is 37.0. The molecule has 262 valence electrons. The van der Waals surface area contributed by atoms with E-state index in [1.807, 2.05) is 0 Å². The van der Waals surface area contributed by atoms with Crippen LogP contribution in [0, 0.1) is 0 Å². The number of para-hydroxylation sites is 1. The highest BCUT2D eigenvalue weighted by Gasteiger charge is 2.23. The second-order valence-corrected chi connectivity index (χ2v) is 14.5. The van der Waals surface area contributed by atoms with Gasteiger partial charge in [-0.15, -0.1) is 0 Å². The maximum absolute atomic E-state index is 7.31. The van der Waals surface area contributed by atoms with Crippen LogP contribution in [0.15, 0.2) is 217 Å². The van der Waals surface area contributed by atoms with Crippen LogP contribution in [0.25, 0.3) is 87.6 Å². The lowest BCUT2D eigenvalue weighted by Crippen LogP contribution is -2.10. The summed E-state index contributed by atoms with van der Waals surface area (Å²) >= 11 is 0. The molecule has 11 aromatic rings. The van der Waals surface area contributed by atoms with Gasteiger partial charge in [-0.05, 0) is 103 Å². The molecule has 0 aliphatic heterocycles. The van der Waals surface area contributed by atoms with Gasteiger partial charge in [0.25, 0.3) is 0 Å². The van der Waals surface area contributed by atoms with Gasteiger partial charge >= 0.3 is 0 Å². The van der Waals surface area contributed by atoms with Crippen molar-refractivity contribution in [2.45, 2.75) is 0 Å². The first-order valence-electron chi connectivity index (χ1n) is 19.2. The Morgan fingerprint density at radius 1 is 0.304 bits per heavy atom. The van der Waals surface area contributed by atoms with Crippen molar-refractivity contribution in [3.8, 4) is 33.4 Å². The van der Waals surface area contributed by atoms with Crippen molar-refractivity contribution >= 4 is 71.3 Å². The van der Waals surface area contributed by atoms with Crippen molar-refractivity contribution < 1.29 is 4.42 Å². The first-order chi connectivity index (χ1) is 27.8. The number of rotatable bonds is 6. The summed E-state index contributed by atoms with van der Waals surface area (Å²) in [5, 5.41) is 9.46. The minimum Gasteiger partial charge on any atom is -0.453 e. The second kappa shape index (κ2) is 13.2. The van der Waals surface area contributed by atoms with Crippen LogP contribution in [0.5, 0.6) is 0 Å². The van der Waals surface area contributed by atoms with Gasteiger partial charge in [0.1, 0.15) is 5.58 Å². The lowest BCUT2D eigenvalue weighted by Gasteiger charge is -2.26. The fraction of sp³-hybridized carbons (Fsp3) is 0. The smallest absolute Gasteiger partial charge is 0.159 e. The molecule has 0 spiro atoms. The van der Waals surface area contributed by atoms with Crippen molar-refractivity contribution in [1.29, 1.82) is 0 Å². The van der Waals surface area contributed by atoms with Crippen molar-refractivity contribution in [2.24, 2.45) is 0 Å². The van der Waals surface area contributed by atoms with Crippen LogP contribution in [-0.2, 0) is 0 Å². The molecular formula is C54H35NO. The molecule has 11 rings (SSSR count). The summed E-state index contributed by atoms with van der Waals surface area (Å²) in [6.07, 6.45) is 0. The maximum atomic E-state index is 7.31. The number of anilines is 3. The molecule has 0 aliphatic carbocycles. The predicted octanol–water partition coefficient (Wildman–Crippen LogP) is 15.5. The van der Waals surface area contributed by atoms with Gasteiger partial charge in [0, 0.05) is 27.7 Å². The van der Waals surface area contributed by atoms with E-state index in [1.165, 1.54) is 60.1 Å². The van der Waals surface area contributed by atoms with E-state index >= 15 is 0 Å². The summed E-state index contributed by atoms with van der Waals surface area (Å²) in [5.74, 6) is 0. The van der Waals surface area contributed by atoms with E-state index in [9.17, 15) is 0 Å². The highest BCUT2D eigenvalue weighted by molar-refractivity contribution is 6.24. The normalized spacial score (nSPS) is 11.6. The van der Waals surface area contributed by atoms with Gasteiger partial charge in [0.15, 0.2) is 5.58 Å². The van der Waals surface area contributed by atoms with Crippen molar-refractivity contribution in [2.75, 3.05) is 4.90 Å². The number of hydrogen-bond acceptors (Lipinski definition) is 2. The van der Waals surface area contributed by atoms with Crippen LogP contribution in [-0.4, -0.2) is 0 Å². The lowest BCUT2D eigenvalue weighted by atomic mass is 9.89. The summed E-state index contributed by atoms with van der Waals surface area (Å²) in [5.41, 5.74) is 11.9. The third kappa shape index (κ3) is 5.26. The van der Waals surface area contributed by atoms with Gasteiger partial charge in [-0.2, -0.15) is 0 Å². The van der Waals surface area contributed by atoms with E-state index in [2.05, 4.69) is 217 Å². The minimum atomic E-state index is 0.850.